The van der Waals surface area contributed by atoms with Gasteiger partial charge in [0.25, 0.3) is 0 Å². The zero-order valence-corrected chi connectivity index (χ0v) is 18.0. The first-order valence-electron chi connectivity index (χ1n) is 10.7. The van der Waals surface area contributed by atoms with Gasteiger partial charge >= 0.3 is 0 Å². The Morgan fingerprint density at radius 2 is 1.64 bits per heavy atom. The summed E-state index contributed by atoms with van der Waals surface area (Å²) < 4.78 is 5.42. The van der Waals surface area contributed by atoms with Crippen molar-refractivity contribution < 1.29 is 14.3 Å². The van der Waals surface area contributed by atoms with Crippen LogP contribution >= 0.6 is 0 Å². The standard InChI is InChI=1S/C23H36N2O3/c1-6-28-20-13-11-19(12-14-20)24-23(27)21(16(4)5)25-22(26)18-9-7-17(8-10-18)15(2)3/h11-18,21H,6-10H2,1-5H3,(H,24,27)(H,25,26). The van der Waals surface area contributed by atoms with Crippen LogP contribution in [0.3, 0.4) is 0 Å². The highest BCUT2D eigenvalue weighted by Crippen LogP contribution is 2.33. The molecule has 0 aromatic heterocycles. The van der Waals surface area contributed by atoms with Crippen molar-refractivity contribution in [3.05, 3.63) is 24.3 Å². The van der Waals surface area contributed by atoms with Crippen LogP contribution in [0.25, 0.3) is 0 Å². The molecule has 1 aliphatic carbocycles. The first-order valence-corrected chi connectivity index (χ1v) is 10.7. The molecule has 1 fully saturated rings. The molecule has 1 unspecified atom stereocenters. The second kappa shape index (κ2) is 10.5. The van der Waals surface area contributed by atoms with Gasteiger partial charge in [0.15, 0.2) is 0 Å². The van der Waals surface area contributed by atoms with E-state index in [1.165, 1.54) is 0 Å². The molecule has 0 aliphatic heterocycles. The molecular formula is C23H36N2O3. The summed E-state index contributed by atoms with van der Waals surface area (Å²) in [6.07, 6.45) is 4.03. The Hall–Kier alpha value is -2.04. The van der Waals surface area contributed by atoms with E-state index in [9.17, 15) is 9.59 Å². The number of benzene rings is 1. The van der Waals surface area contributed by atoms with E-state index in [2.05, 4.69) is 24.5 Å². The molecular weight excluding hydrogens is 352 g/mol. The molecule has 5 nitrogen and oxygen atoms in total. The maximum absolute atomic E-state index is 12.8. The number of rotatable bonds is 8. The van der Waals surface area contributed by atoms with Crippen LogP contribution < -0.4 is 15.4 Å². The van der Waals surface area contributed by atoms with E-state index in [1.807, 2.05) is 45.0 Å². The summed E-state index contributed by atoms with van der Waals surface area (Å²) in [5.74, 6) is 2.03. The van der Waals surface area contributed by atoms with Crippen LogP contribution in [0.1, 0.15) is 60.3 Å². The van der Waals surface area contributed by atoms with Gasteiger partial charge in [-0.3, -0.25) is 9.59 Å². The molecule has 0 saturated heterocycles. The molecule has 2 rings (SSSR count). The van der Waals surface area contributed by atoms with Crippen LogP contribution in [0.5, 0.6) is 5.75 Å². The van der Waals surface area contributed by atoms with Gasteiger partial charge in [-0.2, -0.15) is 0 Å². The Labute approximate surface area is 169 Å². The predicted octanol–water partition coefficient (Wildman–Crippen LogP) is 4.63. The third-order valence-corrected chi connectivity index (χ3v) is 5.77. The van der Waals surface area contributed by atoms with Crippen molar-refractivity contribution in [1.29, 1.82) is 0 Å². The lowest BCUT2D eigenvalue weighted by Gasteiger charge is -2.31. The van der Waals surface area contributed by atoms with Crippen LogP contribution in [0.15, 0.2) is 24.3 Å². The summed E-state index contributed by atoms with van der Waals surface area (Å²) in [5.41, 5.74) is 0.700. The topological polar surface area (TPSA) is 67.4 Å². The molecule has 1 saturated carbocycles. The summed E-state index contributed by atoms with van der Waals surface area (Å²) in [5, 5.41) is 5.92. The molecule has 1 atom stereocenters. The fourth-order valence-electron chi connectivity index (χ4n) is 3.88. The predicted molar refractivity (Wildman–Crippen MR) is 113 cm³/mol. The second-order valence-electron chi connectivity index (χ2n) is 8.53. The summed E-state index contributed by atoms with van der Waals surface area (Å²) >= 11 is 0. The average Bonchev–Trinajstić information content (AvgIpc) is 2.67. The average molecular weight is 389 g/mol. The Balaban J connectivity index is 1.93. The largest absolute Gasteiger partial charge is 0.494 e. The quantitative estimate of drug-likeness (QED) is 0.682. The van der Waals surface area contributed by atoms with Crippen LogP contribution in [0, 0.1) is 23.7 Å². The van der Waals surface area contributed by atoms with Crippen molar-refractivity contribution in [3.8, 4) is 5.75 Å². The molecule has 5 heteroatoms. The lowest BCUT2D eigenvalue weighted by atomic mass is 9.76. The Morgan fingerprint density at radius 3 is 2.14 bits per heavy atom. The van der Waals surface area contributed by atoms with Crippen LogP contribution in [0.4, 0.5) is 5.69 Å². The first kappa shape index (κ1) is 22.3. The molecule has 2 N–H and O–H groups in total. The van der Waals surface area contributed by atoms with Crippen LogP contribution in [-0.2, 0) is 9.59 Å². The minimum Gasteiger partial charge on any atom is -0.494 e. The Morgan fingerprint density at radius 1 is 1.04 bits per heavy atom. The number of nitrogens with one attached hydrogen (secondary N) is 2. The lowest BCUT2D eigenvalue weighted by molar-refractivity contribution is -0.131. The number of carbonyl (C=O) groups is 2. The fraction of sp³-hybridized carbons (Fsp3) is 0.652. The van der Waals surface area contributed by atoms with E-state index in [1.54, 1.807) is 0 Å². The normalized spacial score (nSPS) is 20.7. The van der Waals surface area contributed by atoms with Gasteiger partial charge in [0.05, 0.1) is 6.61 Å². The first-order chi connectivity index (χ1) is 13.3. The number of ether oxygens (including phenoxy) is 1. The third-order valence-electron chi connectivity index (χ3n) is 5.77. The van der Waals surface area contributed by atoms with Gasteiger partial charge in [-0.25, -0.2) is 0 Å². The SMILES string of the molecule is CCOc1ccc(NC(=O)C(NC(=O)C2CCC(C(C)C)CC2)C(C)C)cc1. The molecule has 1 aliphatic rings. The highest BCUT2D eigenvalue weighted by Gasteiger charge is 2.31. The molecule has 0 bridgehead atoms. The minimum absolute atomic E-state index is 0.0126. The van der Waals surface area contributed by atoms with Crippen molar-refractivity contribution in [1.82, 2.24) is 5.32 Å². The molecule has 156 valence electrons. The van der Waals surface area contributed by atoms with Gasteiger partial charge in [-0.05, 0) is 74.6 Å². The molecule has 0 spiro atoms. The van der Waals surface area contributed by atoms with Gasteiger partial charge in [0.1, 0.15) is 11.8 Å². The monoisotopic (exact) mass is 388 g/mol. The second-order valence-corrected chi connectivity index (χ2v) is 8.53. The highest BCUT2D eigenvalue weighted by molar-refractivity contribution is 5.97. The van der Waals surface area contributed by atoms with E-state index in [0.717, 1.165) is 31.4 Å². The van der Waals surface area contributed by atoms with Crippen molar-refractivity contribution in [2.24, 2.45) is 23.7 Å². The third kappa shape index (κ3) is 6.25. The Bertz CT molecular complexity index is 632. The molecule has 1 aromatic carbocycles. The van der Waals surface area contributed by atoms with Crippen molar-refractivity contribution >= 4 is 17.5 Å². The molecule has 28 heavy (non-hydrogen) atoms. The fourth-order valence-corrected chi connectivity index (χ4v) is 3.88. The van der Waals surface area contributed by atoms with Gasteiger partial charge in [-0.1, -0.05) is 27.7 Å². The van der Waals surface area contributed by atoms with E-state index in [4.69, 9.17) is 4.74 Å². The lowest BCUT2D eigenvalue weighted by Crippen LogP contribution is -2.49. The van der Waals surface area contributed by atoms with Gasteiger partial charge in [0.2, 0.25) is 11.8 Å². The molecule has 0 heterocycles. The summed E-state index contributed by atoms with van der Waals surface area (Å²) in [6, 6.07) is 6.75. The zero-order valence-electron chi connectivity index (χ0n) is 18.0. The van der Waals surface area contributed by atoms with Gasteiger partial charge in [-0.15, -0.1) is 0 Å². The molecule has 1 aromatic rings. The van der Waals surface area contributed by atoms with Crippen molar-refractivity contribution in [2.75, 3.05) is 11.9 Å². The van der Waals surface area contributed by atoms with Crippen LogP contribution in [-0.4, -0.2) is 24.5 Å². The molecule has 2 amide bonds. The zero-order chi connectivity index (χ0) is 20.7. The summed E-state index contributed by atoms with van der Waals surface area (Å²) in [4.78, 5) is 25.5. The minimum atomic E-state index is -0.540. The van der Waals surface area contributed by atoms with Crippen molar-refractivity contribution in [3.63, 3.8) is 0 Å². The number of amides is 2. The van der Waals surface area contributed by atoms with Crippen LogP contribution in [0.2, 0.25) is 0 Å². The maximum atomic E-state index is 12.8. The van der Waals surface area contributed by atoms with Crippen molar-refractivity contribution in [2.45, 2.75) is 66.3 Å². The van der Waals surface area contributed by atoms with Gasteiger partial charge in [0, 0.05) is 11.6 Å². The van der Waals surface area contributed by atoms with Gasteiger partial charge < -0.3 is 15.4 Å². The number of anilines is 1. The number of carbonyl (C=O) groups excluding carboxylic acids is 2. The maximum Gasteiger partial charge on any atom is 0.247 e. The Kier molecular flexibility index (Phi) is 8.34. The smallest absolute Gasteiger partial charge is 0.247 e. The number of hydrogen-bond donors (Lipinski definition) is 2. The number of hydrogen-bond acceptors (Lipinski definition) is 3. The molecule has 0 radical (unpaired) electrons. The summed E-state index contributed by atoms with van der Waals surface area (Å²) in [7, 11) is 0. The van der Waals surface area contributed by atoms with E-state index < -0.39 is 6.04 Å². The van der Waals surface area contributed by atoms with E-state index >= 15 is 0 Å². The van der Waals surface area contributed by atoms with E-state index in [-0.39, 0.29) is 23.7 Å². The summed E-state index contributed by atoms with van der Waals surface area (Å²) in [6.45, 7) is 11.0. The highest BCUT2D eigenvalue weighted by atomic mass is 16.5. The van der Waals surface area contributed by atoms with E-state index in [0.29, 0.717) is 24.1 Å².